The van der Waals surface area contributed by atoms with Crippen molar-refractivity contribution in [1.29, 1.82) is 0 Å². The molecule has 0 spiro atoms. The zero-order valence-electron chi connectivity index (χ0n) is 6.01. The maximum absolute atomic E-state index is 5.07. The summed E-state index contributed by atoms with van der Waals surface area (Å²) in [6.45, 7) is 2.93. The van der Waals surface area contributed by atoms with Gasteiger partial charge in [-0.2, -0.15) is 10.1 Å². The monoisotopic (exact) mass is 118 g/mol. The molecule has 0 aromatic carbocycles. The molecule has 0 rings (SSSR count). The van der Waals surface area contributed by atoms with Crippen molar-refractivity contribution in [2.75, 3.05) is 27.7 Å². The Labute approximate surface area is 50.7 Å². The second-order valence-corrected chi connectivity index (χ2v) is 1.84. The molecule has 0 atom stereocenters. The van der Waals surface area contributed by atoms with Crippen LogP contribution in [0.25, 0.3) is 0 Å². The lowest BCUT2D eigenvalue weighted by molar-refractivity contribution is -0.291. The van der Waals surface area contributed by atoms with Gasteiger partial charge in [0.05, 0.1) is 0 Å². The standard InChI is InChI=1S/C5H14N2O/c1-5-7(4)8-6(2)3/h5H2,1-4H3. The SMILES string of the molecule is CCN(C)ON(C)C. The summed E-state index contributed by atoms with van der Waals surface area (Å²) in [6.07, 6.45) is 0. The smallest absolute Gasteiger partial charge is 0.0228 e. The molecular weight excluding hydrogens is 104 g/mol. The minimum absolute atomic E-state index is 0.901. The summed E-state index contributed by atoms with van der Waals surface area (Å²) < 4.78 is 0. The molecule has 0 radical (unpaired) electrons. The summed E-state index contributed by atoms with van der Waals surface area (Å²) in [5, 5.41) is 3.41. The fourth-order valence-corrected chi connectivity index (χ4v) is 0.337. The first-order valence-electron chi connectivity index (χ1n) is 2.73. The quantitative estimate of drug-likeness (QED) is 0.497. The van der Waals surface area contributed by atoms with Gasteiger partial charge in [0.1, 0.15) is 0 Å². The van der Waals surface area contributed by atoms with Gasteiger partial charge in [0, 0.05) is 27.7 Å². The minimum atomic E-state index is 0.901. The van der Waals surface area contributed by atoms with Gasteiger partial charge in [-0.15, -0.1) is 0 Å². The summed E-state index contributed by atoms with van der Waals surface area (Å²) in [6, 6.07) is 0. The Balaban J connectivity index is 3.10. The van der Waals surface area contributed by atoms with Crippen LogP contribution in [0, 0.1) is 0 Å². The molecule has 0 aliphatic rings. The second-order valence-electron chi connectivity index (χ2n) is 1.84. The maximum Gasteiger partial charge on any atom is 0.0228 e. The molecule has 0 aliphatic heterocycles. The van der Waals surface area contributed by atoms with Gasteiger partial charge in [0.25, 0.3) is 0 Å². The Bertz CT molecular complexity index is 56.4. The van der Waals surface area contributed by atoms with E-state index in [1.54, 1.807) is 10.1 Å². The zero-order chi connectivity index (χ0) is 6.57. The molecule has 8 heavy (non-hydrogen) atoms. The fourth-order valence-electron chi connectivity index (χ4n) is 0.337. The van der Waals surface area contributed by atoms with E-state index in [1.165, 1.54) is 0 Å². The summed E-state index contributed by atoms with van der Waals surface area (Å²) in [4.78, 5) is 5.07. The number of nitrogens with zero attached hydrogens (tertiary/aromatic N) is 2. The number of hydroxylamine groups is 4. The topological polar surface area (TPSA) is 15.7 Å². The third kappa shape index (κ3) is 4.05. The van der Waals surface area contributed by atoms with E-state index in [0.717, 1.165) is 6.54 Å². The van der Waals surface area contributed by atoms with Crippen LogP contribution >= 0.6 is 0 Å². The Morgan fingerprint density at radius 2 is 1.75 bits per heavy atom. The molecule has 0 fully saturated rings. The number of hydrogen-bond donors (Lipinski definition) is 0. The molecule has 3 heteroatoms. The Morgan fingerprint density at radius 1 is 1.25 bits per heavy atom. The minimum Gasteiger partial charge on any atom is -0.209 e. The zero-order valence-corrected chi connectivity index (χ0v) is 6.01. The Hall–Kier alpha value is -0.120. The summed E-state index contributed by atoms with van der Waals surface area (Å²) >= 11 is 0. The average molecular weight is 118 g/mol. The van der Waals surface area contributed by atoms with Crippen molar-refractivity contribution < 1.29 is 4.94 Å². The fraction of sp³-hybridized carbons (Fsp3) is 1.00. The predicted molar refractivity (Wildman–Crippen MR) is 33.1 cm³/mol. The molecule has 0 aromatic rings. The van der Waals surface area contributed by atoms with Crippen molar-refractivity contribution in [3.05, 3.63) is 0 Å². The summed E-state index contributed by atoms with van der Waals surface area (Å²) in [5.41, 5.74) is 0. The Kier molecular flexibility index (Phi) is 3.77. The molecule has 0 heterocycles. The van der Waals surface area contributed by atoms with Crippen LogP contribution in [0.3, 0.4) is 0 Å². The molecule has 0 aliphatic carbocycles. The van der Waals surface area contributed by atoms with Gasteiger partial charge in [0.2, 0.25) is 0 Å². The van der Waals surface area contributed by atoms with Crippen LogP contribution in [-0.4, -0.2) is 37.8 Å². The normalized spacial score (nSPS) is 11.2. The second kappa shape index (κ2) is 3.83. The van der Waals surface area contributed by atoms with E-state index < -0.39 is 0 Å². The van der Waals surface area contributed by atoms with Gasteiger partial charge in [0.15, 0.2) is 0 Å². The van der Waals surface area contributed by atoms with Gasteiger partial charge in [-0.05, 0) is 0 Å². The molecule has 0 bridgehead atoms. The van der Waals surface area contributed by atoms with Gasteiger partial charge in [-0.25, -0.2) is 4.94 Å². The highest BCUT2D eigenvalue weighted by Gasteiger charge is 1.93. The van der Waals surface area contributed by atoms with Crippen molar-refractivity contribution in [2.24, 2.45) is 0 Å². The first-order valence-corrected chi connectivity index (χ1v) is 2.73. The summed E-state index contributed by atoms with van der Waals surface area (Å²) in [7, 11) is 5.60. The predicted octanol–water partition coefficient (Wildman–Crippen LogP) is 0.346. The lowest BCUT2D eigenvalue weighted by Crippen LogP contribution is -2.26. The molecule has 0 N–H and O–H groups in total. The van der Waals surface area contributed by atoms with Gasteiger partial charge < -0.3 is 0 Å². The lowest BCUT2D eigenvalue weighted by Gasteiger charge is -2.17. The van der Waals surface area contributed by atoms with Crippen LogP contribution in [0.5, 0.6) is 0 Å². The highest BCUT2D eigenvalue weighted by atomic mass is 16.8. The van der Waals surface area contributed by atoms with Crippen LogP contribution in [0.4, 0.5) is 0 Å². The molecule has 0 saturated heterocycles. The highest BCUT2D eigenvalue weighted by molar-refractivity contribution is 4.20. The summed E-state index contributed by atoms with van der Waals surface area (Å²) in [5.74, 6) is 0. The van der Waals surface area contributed by atoms with Crippen molar-refractivity contribution in [1.82, 2.24) is 10.1 Å². The van der Waals surface area contributed by atoms with Crippen molar-refractivity contribution in [3.8, 4) is 0 Å². The highest BCUT2D eigenvalue weighted by Crippen LogP contribution is 1.83. The first kappa shape index (κ1) is 7.88. The molecular formula is C5H14N2O. The van der Waals surface area contributed by atoms with Crippen molar-refractivity contribution in [2.45, 2.75) is 6.92 Å². The van der Waals surface area contributed by atoms with E-state index in [-0.39, 0.29) is 0 Å². The molecule has 50 valence electrons. The lowest BCUT2D eigenvalue weighted by atomic mass is 10.8. The van der Waals surface area contributed by atoms with Gasteiger partial charge in [-0.1, -0.05) is 6.92 Å². The maximum atomic E-state index is 5.07. The van der Waals surface area contributed by atoms with E-state index >= 15 is 0 Å². The first-order chi connectivity index (χ1) is 3.66. The van der Waals surface area contributed by atoms with E-state index in [0.29, 0.717) is 0 Å². The van der Waals surface area contributed by atoms with Crippen LogP contribution in [0.1, 0.15) is 6.92 Å². The van der Waals surface area contributed by atoms with Crippen LogP contribution in [0.2, 0.25) is 0 Å². The largest absolute Gasteiger partial charge is 0.209 e. The van der Waals surface area contributed by atoms with Gasteiger partial charge in [-0.3, -0.25) is 0 Å². The van der Waals surface area contributed by atoms with Crippen LogP contribution < -0.4 is 0 Å². The van der Waals surface area contributed by atoms with E-state index in [2.05, 4.69) is 0 Å². The van der Waals surface area contributed by atoms with Crippen molar-refractivity contribution in [3.63, 3.8) is 0 Å². The Morgan fingerprint density at radius 3 is 1.88 bits per heavy atom. The van der Waals surface area contributed by atoms with Crippen LogP contribution in [-0.2, 0) is 4.94 Å². The third-order valence-electron chi connectivity index (χ3n) is 0.748. The third-order valence-corrected chi connectivity index (χ3v) is 0.748. The molecule has 3 nitrogen and oxygen atoms in total. The van der Waals surface area contributed by atoms with E-state index in [1.807, 2.05) is 28.1 Å². The van der Waals surface area contributed by atoms with E-state index in [9.17, 15) is 0 Å². The average Bonchev–Trinajstić information content (AvgIpc) is 1.65. The number of hydrogen-bond acceptors (Lipinski definition) is 3. The molecule has 0 aromatic heterocycles. The van der Waals surface area contributed by atoms with Gasteiger partial charge >= 0.3 is 0 Å². The van der Waals surface area contributed by atoms with E-state index in [4.69, 9.17) is 4.94 Å². The van der Waals surface area contributed by atoms with Crippen molar-refractivity contribution >= 4 is 0 Å². The molecule has 0 saturated carbocycles. The van der Waals surface area contributed by atoms with Crippen LogP contribution in [0.15, 0.2) is 0 Å². The number of rotatable bonds is 3. The molecule has 0 unspecified atom stereocenters. The molecule has 0 amide bonds.